The molecule has 1 aliphatic heterocycles. The topological polar surface area (TPSA) is 67.7 Å². The average Bonchev–Trinajstić information content (AvgIpc) is 3.17. The number of nitrogens with zero attached hydrogens (tertiary/aromatic N) is 4. The highest BCUT2D eigenvalue weighted by Crippen LogP contribution is 2.28. The van der Waals surface area contributed by atoms with Crippen molar-refractivity contribution in [2.45, 2.75) is 38.4 Å². The lowest BCUT2D eigenvalue weighted by Crippen LogP contribution is -2.46. The smallest absolute Gasteiger partial charge is 0.140 e. The third-order valence-electron chi connectivity index (χ3n) is 5.02. The number of piperidine rings is 1. The fourth-order valence-electron chi connectivity index (χ4n) is 3.43. The molecular formula is C20H25FN6. The van der Waals surface area contributed by atoms with Gasteiger partial charge in [-0.25, -0.2) is 9.37 Å². The Hall–Kier alpha value is -2.54. The summed E-state index contributed by atoms with van der Waals surface area (Å²) in [6.07, 6.45) is 6.96. The van der Waals surface area contributed by atoms with Crippen LogP contribution in [0.2, 0.25) is 0 Å². The van der Waals surface area contributed by atoms with Crippen molar-refractivity contribution in [2.24, 2.45) is 0 Å². The van der Waals surface area contributed by atoms with E-state index in [2.05, 4.69) is 34.6 Å². The van der Waals surface area contributed by atoms with E-state index in [-0.39, 0.29) is 12.6 Å². The average molecular weight is 368 g/mol. The monoisotopic (exact) mass is 368 g/mol. The van der Waals surface area contributed by atoms with Crippen molar-refractivity contribution in [3.05, 3.63) is 36.8 Å². The Morgan fingerprint density at radius 2 is 2.30 bits per heavy atom. The zero-order valence-corrected chi connectivity index (χ0v) is 15.7. The summed E-state index contributed by atoms with van der Waals surface area (Å²) in [5.74, 6) is 0.662. The number of alkyl halides is 1. The van der Waals surface area contributed by atoms with Gasteiger partial charge in [-0.2, -0.15) is 5.10 Å². The van der Waals surface area contributed by atoms with Crippen LogP contribution < -0.4 is 10.6 Å². The number of nitrogens with one attached hydrogen (secondary N) is 2. The molecule has 1 atom stereocenters. The first-order valence-corrected chi connectivity index (χ1v) is 9.48. The van der Waals surface area contributed by atoms with Gasteiger partial charge in [-0.3, -0.25) is 9.67 Å². The van der Waals surface area contributed by atoms with E-state index in [9.17, 15) is 4.39 Å². The molecule has 4 rings (SSSR count). The molecule has 142 valence electrons. The summed E-state index contributed by atoms with van der Waals surface area (Å²) in [5.41, 5.74) is 1.28. The maximum Gasteiger partial charge on any atom is 0.140 e. The molecule has 2 N–H and O–H groups in total. The predicted molar refractivity (Wildman–Crippen MR) is 106 cm³/mol. The molecule has 0 amide bonds. The second-order valence-corrected chi connectivity index (χ2v) is 7.51. The van der Waals surface area contributed by atoms with E-state index < -0.39 is 5.67 Å². The van der Waals surface area contributed by atoms with Gasteiger partial charge in [0.05, 0.1) is 24.0 Å². The molecule has 1 aliphatic rings. The molecule has 0 spiro atoms. The molecule has 1 saturated heterocycles. The Bertz CT molecular complexity index is 929. The maximum atomic E-state index is 15.0. The molecule has 0 saturated carbocycles. The van der Waals surface area contributed by atoms with Crippen LogP contribution in [0.5, 0.6) is 0 Å². The Morgan fingerprint density at radius 3 is 3.04 bits per heavy atom. The van der Waals surface area contributed by atoms with Crippen LogP contribution in [0.1, 0.15) is 32.7 Å². The molecule has 6 nitrogen and oxygen atoms in total. The lowest BCUT2D eigenvalue weighted by atomic mass is 9.96. The van der Waals surface area contributed by atoms with Crippen molar-refractivity contribution >= 4 is 16.7 Å². The van der Waals surface area contributed by atoms with Gasteiger partial charge in [0.25, 0.3) is 0 Å². The molecule has 3 aromatic heterocycles. The number of aromatic nitrogens is 4. The molecule has 0 aliphatic carbocycles. The van der Waals surface area contributed by atoms with Gasteiger partial charge in [0.1, 0.15) is 11.5 Å². The van der Waals surface area contributed by atoms with Gasteiger partial charge >= 0.3 is 0 Å². The first kappa shape index (κ1) is 17.9. The lowest BCUT2D eigenvalue weighted by Gasteiger charge is -2.30. The van der Waals surface area contributed by atoms with Crippen LogP contribution in [0.15, 0.2) is 36.8 Å². The fourth-order valence-corrected chi connectivity index (χ4v) is 3.43. The number of rotatable bonds is 5. The first-order valence-electron chi connectivity index (χ1n) is 9.48. The summed E-state index contributed by atoms with van der Waals surface area (Å²) in [6, 6.07) is 6.07. The van der Waals surface area contributed by atoms with Crippen molar-refractivity contribution < 1.29 is 4.39 Å². The second-order valence-electron chi connectivity index (χ2n) is 7.51. The van der Waals surface area contributed by atoms with Gasteiger partial charge < -0.3 is 10.6 Å². The number of halogens is 1. The largest absolute Gasteiger partial charge is 0.366 e. The second kappa shape index (κ2) is 7.23. The molecule has 3 aromatic rings. The highest BCUT2D eigenvalue weighted by molar-refractivity contribution is 5.91. The van der Waals surface area contributed by atoms with Crippen LogP contribution in [0.25, 0.3) is 22.2 Å². The molecule has 0 aromatic carbocycles. The van der Waals surface area contributed by atoms with E-state index in [1.165, 1.54) is 0 Å². The fraction of sp³-hybridized carbons (Fsp3) is 0.450. The number of hydrogen-bond acceptors (Lipinski definition) is 5. The van der Waals surface area contributed by atoms with Crippen molar-refractivity contribution in [3.63, 3.8) is 0 Å². The maximum absolute atomic E-state index is 15.0. The molecule has 4 heterocycles. The first-order chi connectivity index (χ1) is 13.0. The number of fused-ring (bicyclic) bond motifs is 1. The van der Waals surface area contributed by atoms with Crippen molar-refractivity contribution in [1.82, 2.24) is 25.1 Å². The molecule has 0 bridgehead atoms. The van der Waals surface area contributed by atoms with E-state index in [1.807, 2.05) is 35.3 Å². The van der Waals surface area contributed by atoms with E-state index in [1.54, 1.807) is 6.20 Å². The standard InChI is InChI=1S/C20H25FN6/c1-14(2)27-11-15(10-25-27)17-9-18-16(5-3-8-23-18)19(26-17)24-13-20(21)6-4-7-22-12-20/h3,5,8-11,14,22H,4,6-7,12-13H2,1-2H3,(H,24,26)/t20-/m1/s1. The number of pyridine rings is 2. The summed E-state index contributed by atoms with van der Waals surface area (Å²) in [7, 11) is 0. The molecule has 0 unspecified atom stereocenters. The minimum absolute atomic E-state index is 0.228. The van der Waals surface area contributed by atoms with E-state index >= 15 is 0 Å². The van der Waals surface area contributed by atoms with Crippen molar-refractivity contribution in [1.29, 1.82) is 0 Å². The Balaban J connectivity index is 1.67. The Kier molecular flexibility index (Phi) is 4.78. The summed E-state index contributed by atoms with van der Waals surface area (Å²) in [4.78, 5) is 9.24. The summed E-state index contributed by atoms with van der Waals surface area (Å²) >= 11 is 0. The van der Waals surface area contributed by atoms with Gasteiger partial charge in [-0.1, -0.05) is 0 Å². The quantitative estimate of drug-likeness (QED) is 0.720. The van der Waals surface area contributed by atoms with E-state index in [0.29, 0.717) is 18.8 Å². The third-order valence-corrected chi connectivity index (χ3v) is 5.02. The molecular weight excluding hydrogens is 343 g/mol. The number of anilines is 1. The molecule has 7 heteroatoms. The summed E-state index contributed by atoms with van der Waals surface area (Å²) in [5, 5.41) is 11.7. The lowest BCUT2D eigenvalue weighted by molar-refractivity contribution is 0.137. The zero-order valence-electron chi connectivity index (χ0n) is 15.7. The van der Waals surface area contributed by atoms with Crippen LogP contribution >= 0.6 is 0 Å². The zero-order chi connectivity index (χ0) is 18.9. The highest BCUT2D eigenvalue weighted by Gasteiger charge is 2.31. The van der Waals surface area contributed by atoms with Crippen LogP contribution in [0, 0.1) is 0 Å². The van der Waals surface area contributed by atoms with E-state index in [4.69, 9.17) is 4.98 Å². The van der Waals surface area contributed by atoms with Gasteiger partial charge in [0, 0.05) is 35.9 Å². The molecule has 1 fully saturated rings. The number of hydrogen-bond donors (Lipinski definition) is 2. The van der Waals surface area contributed by atoms with Gasteiger partial charge in [-0.15, -0.1) is 0 Å². The van der Waals surface area contributed by atoms with Crippen LogP contribution in [0.4, 0.5) is 10.2 Å². The van der Waals surface area contributed by atoms with Gasteiger partial charge in [-0.05, 0) is 51.4 Å². The molecule has 27 heavy (non-hydrogen) atoms. The third kappa shape index (κ3) is 3.78. The Labute approximate surface area is 158 Å². The summed E-state index contributed by atoms with van der Waals surface area (Å²) in [6.45, 7) is 5.64. The normalized spacial score (nSPS) is 20.3. The highest BCUT2D eigenvalue weighted by atomic mass is 19.1. The minimum atomic E-state index is -1.26. The predicted octanol–water partition coefficient (Wildman–Crippen LogP) is 3.58. The van der Waals surface area contributed by atoms with Crippen LogP contribution in [-0.2, 0) is 0 Å². The molecule has 0 radical (unpaired) electrons. The SMILES string of the molecule is CC(C)n1cc(-c2cc3ncccc3c(NC[C@@]3(F)CCCNC3)n2)cn1. The summed E-state index contributed by atoms with van der Waals surface area (Å²) < 4.78 is 16.9. The van der Waals surface area contributed by atoms with Crippen LogP contribution in [0.3, 0.4) is 0 Å². The van der Waals surface area contributed by atoms with Crippen molar-refractivity contribution in [3.8, 4) is 11.3 Å². The van der Waals surface area contributed by atoms with Crippen LogP contribution in [-0.4, -0.2) is 45.1 Å². The minimum Gasteiger partial charge on any atom is -0.366 e. The van der Waals surface area contributed by atoms with E-state index in [0.717, 1.165) is 35.1 Å². The van der Waals surface area contributed by atoms with Crippen molar-refractivity contribution in [2.75, 3.05) is 25.0 Å². The van der Waals surface area contributed by atoms with Gasteiger partial charge in [0.2, 0.25) is 0 Å². The van der Waals surface area contributed by atoms with Gasteiger partial charge in [0.15, 0.2) is 0 Å². The Morgan fingerprint density at radius 1 is 1.41 bits per heavy atom.